The molecule has 0 radical (unpaired) electrons. The first-order chi connectivity index (χ1) is 8.58. The molecule has 0 saturated carbocycles. The maximum absolute atomic E-state index is 10.2. The van der Waals surface area contributed by atoms with Crippen molar-refractivity contribution in [2.75, 3.05) is 5.73 Å². The zero-order chi connectivity index (χ0) is 13.1. The summed E-state index contributed by atoms with van der Waals surface area (Å²) >= 11 is 3.45. The molecule has 0 amide bonds. The normalized spacial score (nSPS) is 12.4. The zero-order valence-electron chi connectivity index (χ0n) is 10.1. The van der Waals surface area contributed by atoms with Gasteiger partial charge in [0.2, 0.25) is 0 Å². The maximum Gasteiger partial charge on any atom is 0.0831 e. The van der Waals surface area contributed by atoms with Gasteiger partial charge < -0.3 is 10.8 Å². The molecule has 2 rings (SSSR count). The molecule has 0 aliphatic heterocycles. The minimum absolute atomic E-state index is 0.473. The molecule has 0 spiro atoms. The van der Waals surface area contributed by atoms with Crippen molar-refractivity contribution in [3.8, 4) is 0 Å². The molecule has 1 unspecified atom stereocenters. The molecule has 3 N–H and O–H groups in total. The molecule has 0 aliphatic carbocycles. The second-order valence-corrected chi connectivity index (χ2v) is 5.16. The highest BCUT2D eigenvalue weighted by atomic mass is 79.9. The van der Waals surface area contributed by atoms with Crippen LogP contribution in [0.5, 0.6) is 0 Å². The number of pyridine rings is 1. The molecule has 2 aromatic rings. The molecule has 4 heteroatoms. The summed E-state index contributed by atoms with van der Waals surface area (Å²) in [5.41, 5.74) is 9.36. The average molecular weight is 307 g/mol. The molecule has 1 atom stereocenters. The minimum Gasteiger partial charge on any atom is -0.398 e. The van der Waals surface area contributed by atoms with Gasteiger partial charge >= 0.3 is 0 Å². The van der Waals surface area contributed by atoms with Gasteiger partial charge in [0.25, 0.3) is 0 Å². The summed E-state index contributed by atoms with van der Waals surface area (Å²) in [7, 11) is 0. The summed E-state index contributed by atoms with van der Waals surface area (Å²) in [4.78, 5) is 4.03. The zero-order valence-corrected chi connectivity index (χ0v) is 11.7. The number of nitrogens with two attached hydrogens (primary N) is 1. The van der Waals surface area contributed by atoms with Crippen LogP contribution in [0.15, 0.2) is 41.1 Å². The Bertz CT molecular complexity index is 557. The Kier molecular flexibility index (Phi) is 3.99. The highest BCUT2D eigenvalue weighted by molar-refractivity contribution is 9.10. The van der Waals surface area contributed by atoms with Crippen LogP contribution >= 0.6 is 15.9 Å². The van der Waals surface area contributed by atoms with Crippen molar-refractivity contribution in [2.45, 2.75) is 19.4 Å². The van der Waals surface area contributed by atoms with E-state index in [1.807, 2.05) is 25.1 Å². The second-order valence-electron chi connectivity index (χ2n) is 4.30. The van der Waals surface area contributed by atoms with Crippen LogP contribution in [0.25, 0.3) is 0 Å². The molecule has 1 aromatic carbocycles. The molecule has 94 valence electrons. The van der Waals surface area contributed by atoms with Crippen LogP contribution in [-0.2, 0) is 6.42 Å². The van der Waals surface area contributed by atoms with Crippen LogP contribution in [0.3, 0.4) is 0 Å². The van der Waals surface area contributed by atoms with Gasteiger partial charge in [-0.25, -0.2) is 0 Å². The van der Waals surface area contributed by atoms with Crippen LogP contribution in [0.4, 0.5) is 5.69 Å². The van der Waals surface area contributed by atoms with Crippen molar-refractivity contribution in [1.82, 2.24) is 4.98 Å². The van der Waals surface area contributed by atoms with Gasteiger partial charge in [-0.15, -0.1) is 0 Å². The Labute approximate surface area is 115 Å². The van der Waals surface area contributed by atoms with E-state index in [0.29, 0.717) is 12.1 Å². The lowest BCUT2D eigenvalue weighted by atomic mass is 10.0. The molecule has 0 fully saturated rings. The van der Waals surface area contributed by atoms with E-state index in [-0.39, 0.29) is 0 Å². The largest absolute Gasteiger partial charge is 0.398 e. The Morgan fingerprint density at radius 3 is 2.83 bits per heavy atom. The van der Waals surface area contributed by atoms with Gasteiger partial charge in [-0.3, -0.25) is 4.98 Å². The third-order valence-corrected chi connectivity index (χ3v) is 3.81. The van der Waals surface area contributed by atoms with E-state index in [1.54, 1.807) is 18.5 Å². The number of nitrogen functional groups attached to an aromatic ring is 1. The van der Waals surface area contributed by atoms with E-state index in [1.165, 1.54) is 0 Å². The molecule has 0 aliphatic rings. The highest BCUT2D eigenvalue weighted by Gasteiger charge is 2.11. The van der Waals surface area contributed by atoms with E-state index in [4.69, 9.17) is 5.73 Å². The van der Waals surface area contributed by atoms with Crippen molar-refractivity contribution >= 4 is 21.6 Å². The Morgan fingerprint density at radius 2 is 2.17 bits per heavy atom. The summed E-state index contributed by atoms with van der Waals surface area (Å²) in [6, 6.07) is 7.57. The number of aryl methyl sites for hydroxylation is 1. The summed E-state index contributed by atoms with van der Waals surface area (Å²) in [5, 5.41) is 10.2. The maximum atomic E-state index is 10.2. The van der Waals surface area contributed by atoms with Gasteiger partial charge in [0, 0.05) is 29.0 Å². The summed E-state index contributed by atoms with van der Waals surface area (Å²) in [6.45, 7) is 2.00. The highest BCUT2D eigenvalue weighted by Crippen LogP contribution is 2.24. The molecule has 1 aromatic heterocycles. The molecular formula is C14H15BrN2O. The van der Waals surface area contributed by atoms with E-state index < -0.39 is 6.10 Å². The van der Waals surface area contributed by atoms with E-state index in [2.05, 4.69) is 20.9 Å². The Hall–Kier alpha value is -1.39. The van der Waals surface area contributed by atoms with Crippen LogP contribution < -0.4 is 5.73 Å². The van der Waals surface area contributed by atoms with Crippen molar-refractivity contribution in [2.24, 2.45) is 0 Å². The smallest absolute Gasteiger partial charge is 0.0831 e. The first-order valence-corrected chi connectivity index (χ1v) is 6.49. The second kappa shape index (κ2) is 5.50. The van der Waals surface area contributed by atoms with E-state index in [0.717, 1.165) is 21.2 Å². The fourth-order valence-electron chi connectivity index (χ4n) is 1.81. The number of aliphatic hydroxyl groups excluding tert-OH is 1. The third kappa shape index (κ3) is 2.89. The molecule has 0 bridgehead atoms. The van der Waals surface area contributed by atoms with Gasteiger partial charge in [0.05, 0.1) is 6.10 Å². The average Bonchev–Trinajstić information content (AvgIpc) is 2.35. The third-order valence-electron chi connectivity index (χ3n) is 2.92. The predicted molar refractivity (Wildman–Crippen MR) is 76.2 cm³/mol. The number of nitrogens with zero attached hydrogens (tertiary/aromatic N) is 1. The number of halogens is 1. The number of anilines is 1. The number of hydrogen-bond donors (Lipinski definition) is 2. The topological polar surface area (TPSA) is 59.1 Å². The lowest BCUT2D eigenvalue weighted by molar-refractivity contribution is 0.178. The van der Waals surface area contributed by atoms with Crippen molar-refractivity contribution in [3.63, 3.8) is 0 Å². The van der Waals surface area contributed by atoms with Crippen LogP contribution in [0.1, 0.15) is 22.8 Å². The standard InChI is InChI=1S/C14H15BrN2O/c1-9-6-10(2-3-12(9)15)14(18)7-11-8-17-5-4-13(11)16/h2-6,8,14,18H,7H2,1H3,(H2,16,17). The van der Waals surface area contributed by atoms with Crippen molar-refractivity contribution in [1.29, 1.82) is 0 Å². The van der Waals surface area contributed by atoms with Gasteiger partial charge in [0.15, 0.2) is 0 Å². The first kappa shape index (κ1) is 13.1. The van der Waals surface area contributed by atoms with Gasteiger partial charge in [0.1, 0.15) is 0 Å². The van der Waals surface area contributed by atoms with Crippen molar-refractivity contribution < 1.29 is 5.11 Å². The number of benzene rings is 1. The predicted octanol–water partition coefficient (Wildman–Crippen LogP) is 3.01. The minimum atomic E-state index is -0.566. The first-order valence-electron chi connectivity index (χ1n) is 5.70. The monoisotopic (exact) mass is 306 g/mol. The Balaban J connectivity index is 2.19. The fraction of sp³-hybridized carbons (Fsp3) is 0.214. The summed E-state index contributed by atoms with van der Waals surface area (Å²) < 4.78 is 1.04. The lowest BCUT2D eigenvalue weighted by Gasteiger charge is -2.13. The van der Waals surface area contributed by atoms with Gasteiger partial charge in [-0.1, -0.05) is 28.1 Å². The molecule has 3 nitrogen and oxygen atoms in total. The van der Waals surface area contributed by atoms with Crippen LogP contribution in [0, 0.1) is 6.92 Å². The SMILES string of the molecule is Cc1cc(C(O)Cc2cnccc2N)ccc1Br. The number of hydrogen-bond acceptors (Lipinski definition) is 3. The molecule has 1 heterocycles. The lowest BCUT2D eigenvalue weighted by Crippen LogP contribution is -2.05. The fourth-order valence-corrected chi connectivity index (χ4v) is 2.06. The Morgan fingerprint density at radius 1 is 1.39 bits per heavy atom. The summed E-state index contributed by atoms with van der Waals surface area (Å²) in [5.74, 6) is 0. The van der Waals surface area contributed by atoms with Gasteiger partial charge in [-0.05, 0) is 35.7 Å². The van der Waals surface area contributed by atoms with E-state index >= 15 is 0 Å². The van der Waals surface area contributed by atoms with Crippen LogP contribution in [0.2, 0.25) is 0 Å². The molecule has 0 saturated heterocycles. The van der Waals surface area contributed by atoms with Crippen LogP contribution in [-0.4, -0.2) is 10.1 Å². The number of aliphatic hydroxyl groups is 1. The number of rotatable bonds is 3. The number of aromatic nitrogens is 1. The molecular weight excluding hydrogens is 292 g/mol. The molecule has 18 heavy (non-hydrogen) atoms. The van der Waals surface area contributed by atoms with E-state index in [9.17, 15) is 5.11 Å². The van der Waals surface area contributed by atoms with Crippen molar-refractivity contribution in [3.05, 3.63) is 57.8 Å². The quantitative estimate of drug-likeness (QED) is 0.916. The summed E-state index contributed by atoms with van der Waals surface area (Å²) in [6.07, 6.45) is 3.25. The van der Waals surface area contributed by atoms with Gasteiger partial charge in [-0.2, -0.15) is 0 Å².